The van der Waals surface area contributed by atoms with Gasteiger partial charge in [0.15, 0.2) is 0 Å². The molecule has 1 heterocycles. The van der Waals surface area contributed by atoms with Crippen molar-refractivity contribution in [2.45, 2.75) is 26.8 Å². The molecule has 3 aromatic rings. The number of nitrogens with zero attached hydrogens (tertiary/aromatic N) is 2. The Morgan fingerprint density at radius 3 is 2.30 bits per heavy atom. The van der Waals surface area contributed by atoms with Crippen LogP contribution in [0, 0.1) is 6.92 Å². The number of anilines is 4. The first kappa shape index (κ1) is 18.4. The van der Waals surface area contributed by atoms with Crippen molar-refractivity contribution in [3.8, 4) is 0 Å². The number of carbonyl (C=O) groups is 1. The fourth-order valence-electron chi connectivity index (χ4n) is 2.71. The van der Waals surface area contributed by atoms with E-state index in [0.29, 0.717) is 5.95 Å². The predicted molar refractivity (Wildman–Crippen MR) is 109 cm³/mol. The average molecular weight is 361 g/mol. The van der Waals surface area contributed by atoms with Crippen molar-refractivity contribution in [1.82, 2.24) is 9.97 Å². The third-order valence-corrected chi connectivity index (χ3v) is 3.98. The minimum atomic E-state index is -0.0963. The zero-order chi connectivity index (χ0) is 19.2. The molecule has 0 bridgehead atoms. The van der Waals surface area contributed by atoms with Gasteiger partial charge in [-0.1, -0.05) is 30.3 Å². The Bertz CT molecular complexity index is 910. The largest absolute Gasteiger partial charge is 0.363 e. The summed E-state index contributed by atoms with van der Waals surface area (Å²) < 4.78 is 0. The number of aryl methyl sites for hydroxylation is 1. The number of nitrogens with one attached hydrogen (secondary N) is 3. The van der Waals surface area contributed by atoms with E-state index in [1.54, 1.807) is 0 Å². The second-order valence-corrected chi connectivity index (χ2v) is 6.38. The lowest BCUT2D eigenvalue weighted by molar-refractivity contribution is -0.114. The maximum atomic E-state index is 11.1. The van der Waals surface area contributed by atoms with Gasteiger partial charge in [0.2, 0.25) is 11.9 Å². The molecule has 0 fully saturated rings. The normalized spacial score (nSPS) is 11.5. The number of benzene rings is 2. The molecule has 6 heteroatoms. The van der Waals surface area contributed by atoms with Crippen LogP contribution in [0.4, 0.5) is 23.1 Å². The molecular weight excluding hydrogens is 338 g/mol. The summed E-state index contributed by atoms with van der Waals surface area (Å²) in [7, 11) is 0. The second-order valence-electron chi connectivity index (χ2n) is 6.38. The third kappa shape index (κ3) is 5.28. The first-order valence-corrected chi connectivity index (χ1v) is 8.81. The van der Waals surface area contributed by atoms with E-state index in [1.807, 2.05) is 55.5 Å². The molecule has 0 aliphatic carbocycles. The van der Waals surface area contributed by atoms with Gasteiger partial charge >= 0.3 is 0 Å². The van der Waals surface area contributed by atoms with Crippen LogP contribution in [0.25, 0.3) is 0 Å². The monoisotopic (exact) mass is 361 g/mol. The number of aromatic nitrogens is 2. The van der Waals surface area contributed by atoms with Gasteiger partial charge in [-0.15, -0.1) is 0 Å². The van der Waals surface area contributed by atoms with Crippen LogP contribution in [-0.4, -0.2) is 15.9 Å². The summed E-state index contributed by atoms with van der Waals surface area (Å²) in [6, 6.07) is 19.7. The summed E-state index contributed by atoms with van der Waals surface area (Å²) in [4.78, 5) is 20.1. The molecule has 0 saturated carbocycles. The number of amides is 1. The number of hydrogen-bond acceptors (Lipinski definition) is 5. The molecule has 27 heavy (non-hydrogen) atoms. The highest BCUT2D eigenvalue weighted by Crippen LogP contribution is 2.21. The van der Waals surface area contributed by atoms with Crippen molar-refractivity contribution in [1.29, 1.82) is 0 Å². The van der Waals surface area contributed by atoms with E-state index in [0.717, 1.165) is 22.9 Å². The first-order chi connectivity index (χ1) is 13.0. The Morgan fingerprint density at radius 1 is 0.963 bits per heavy atom. The van der Waals surface area contributed by atoms with Crippen molar-refractivity contribution in [3.05, 3.63) is 71.9 Å². The van der Waals surface area contributed by atoms with Crippen LogP contribution in [0.2, 0.25) is 0 Å². The lowest BCUT2D eigenvalue weighted by Crippen LogP contribution is -2.10. The molecule has 0 aliphatic rings. The van der Waals surface area contributed by atoms with E-state index < -0.39 is 0 Å². The Labute approximate surface area is 159 Å². The van der Waals surface area contributed by atoms with E-state index in [-0.39, 0.29) is 11.9 Å². The maximum absolute atomic E-state index is 11.1. The van der Waals surface area contributed by atoms with E-state index in [2.05, 4.69) is 45.0 Å². The van der Waals surface area contributed by atoms with Crippen LogP contribution >= 0.6 is 0 Å². The lowest BCUT2D eigenvalue weighted by Gasteiger charge is -2.16. The molecule has 0 spiro atoms. The highest BCUT2D eigenvalue weighted by atomic mass is 16.1. The summed E-state index contributed by atoms with van der Waals surface area (Å²) in [6.07, 6.45) is 0. The summed E-state index contributed by atoms with van der Waals surface area (Å²) in [5.74, 6) is 1.18. The molecule has 0 radical (unpaired) electrons. The molecular formula is C21H23N5O. The fraction of sp³-hybridized carbons (Fsp3) is 0.190. The van der Waals surface area contributed by atoms with Crippen LogP contribution < -0.4 is 16.0 Å². The third-order valence-electron chi connectivity index (χ3n) is 3.98. The van der Waals surface area contributed by atoms with Crippen molar-refractivity contribution in [3.63, 3.8) is 0 Å². The van der Waals surface area contributed by atoms with Crippen LogP contribution in [0.1, 0.15) is 31.1 Å². The average Bonchev–Trinajstić information content (AvgIpc) is 2.63. The summed E-state index contributed by atoms with van der Waals surface area (Å²) in [5.41, 5.74) is 3.65. The van der Waals surface area contributed by atoms with E-state index in [1.165, 1.54) is 12.5 Å². The Balaban J connectivity index is 1.72. The number of rotatable bonds is 6. The van der Waals surface area contributed by atoms with Crippen LogP contribution in [0.5, 0.6) is 0 Å². The molecule has 1 amide bonds. The summed E-state index contributed by atoms with van der Waals surface area (Å²) in [6.45, 7) is 5.52. The van der Waals surface area contributed by atoms with Gasteiger partial charge in [-0.05, 0) is 43.7 Å². The van der Waals surface area contributed by atoms with Gasteiger partial charge in [0.1, 0.15) is 5.82 Å². The highest BCUT2D eigenvalue weighted by molar-refractivity contribution is 5.88. The van der Waals surface area contributed by atoms with Crippen molar-refractivity contribution >= 4 is 29.0 Å². The topological polar surface area (TPSA) is 78.9 Å². The lowest BCUT2D eigenvalue weighted by atomic mass is 10.1. The quantitative estimate of drug-likeness (QED) is 0.595. The summed E-state index contributed by atoms with van der Waals surface area (Å²) >= 11 is 0. The van der Waals surface area contributed by atoms with Gasteiger partial charge < -0.3 is 16.0 Å². The zero-order valence-corrected chi connectivity index (χ0v) is 15.7. The second kappa shape index (κ2) is 8.31. The zero-order valence-electron chi connectivity index (χ0n) is 15.7. The Morgan fingerprint density at radius 2 is 1.63 bits per heavy atom. The van der Waals surface area contributed by atoms with Crippen LogP contribution in [0.3, 0.4) is 0 Å². The highest BCUT2D eigenvalue weighted by Gasteiger charge is 2.08. The molecule has 3 rings (SSSR count). The predicted octanol–water partition coefficient (Wildman–Crippen LogP) is 4.66. The first-order valence-electron chi connectivity index (χ1n) is 8.81. The number of hydrogen-bond donors (Lipinski definition) is 3. The molecule has 138 valence electrons. The summed E-state index contributed by atoms with van der Waals surface area (Å²) in [5, 5.41) is 9.36. The molecule has 0 saturated heterocycles. The van der Waals surface area contributed by atoms with Gasteiger partial charge in [-0.2, -0.15) is 4.98 Å². The van der Waals surface area contributed by atoms with Crippen molar-refractivity contribution in [2.75, 3.05) is 16.0 Å². The standard InChI is InChI=1S/C21H23N5O/c1-14-13-20(23-15(2)17-7-5-4-6-8-17)26-21(22-14)25-19-11-9-18(10-12-19)24-16(3)27/h4-13,15H,1-3H3,(H,24,27)(H2,22,23,25,26). The van der Waals surface area contributed by atoms with E-state index >= 15 is 0 Å². The minimum absolute atomic E-state index is 0.0963. The van der Waals surface area contributed by atoms with Crippen molar-refractivity contribution < 1.29 is 4.79 Å². The Hall–Kier alpha value is -3.41. The maximum Gasteiger partial charge on any atom is 0.229 e. The van der Waals surface area contributed by atoms with Gasteiger partial charge in [0.25, 0.3) is 0 Å². The van der Waals surface area contributed by atoms with Gasteiger partial charge in [-0.25, -0.2) is 4.98 Å². The molecule has 1 unspecified atom stereocenters. The molecule has 2 aromatic carbocycles. The van der Waals surface area contributed by atoms with Crippen LogP contribution in [0.15, 0.2) is 60.7 Å². The molecule has 1 aromatic heterocycles. The minimum Gasteiger partial charge on any atom is -0.363 e. The SMILES string of the molecule is CC(=O)Nc1ccc(Nc2nc(C)cc(NC(C)c3ccccc3)n2)cc1. The fourth-order valence-corrected chi connectivity index (χ4v) is 2.71. The molecule has 0 aliphatic heterocycles. The molecule has 3 N–H and O–H groups in total. The number of carbonyl (C=O) groups excluding carboxylic acids is 1. The van der Waals surface area contributed by atoms with E-state index in [4.69, 9.17) is 0 Å². The van der Waals surface area contributed by atoms with E-state index in [9.17, 15) is 4.79 Å². The van der Waals surface area contributed by atoms with Gasteiger partial charge in [0, 0.05) is 36.1 Å². The van der Waals surface area contributed by atoms with Gasteiger partial charge in [-0.3, -0.25) is 4.79 Å². The van der Waals surface area contributed by atoms with Crippen LogP contribution in [-0.2, 0) is 4.79 Å². The Kier molecular flexibility index (Phi) is 5.66. The molecule has 6 nitrogen and oxygen atoms in total. The van der Waals surface area contributed by atoms with Crippen molar-refractivity contribution in [2.24, 2.45) is 0 Å². The van der Waals surface area contributed by atoms with Gasteiger partial charge in [0.05, 0.1) is 0 Å². The molecule has 1 atom stereocenters. The smallest absolute Gasteiger partial charge is 0.229 e.